The van der Waals surface area contributed by atoms with E-state index in [0.717, 1.165) is 37.4 Å². The summed E-state index contributed by atoms with van der Waals surface area (Å²) in [6.07, 6.45) is 2.25. The van der Waals surface area contributed by atoms with Crippen LogP contribution in [0.25, 0.3) is 0 Å². The third-order valence-corrected chi connectivity index (χ3v) is 2.80. The van der Waals surface area contributed by atoms with E-state index in [4.69, 9.17) is 0 Å². The number of rotatable bonds is 2. The van der Waals surface area contributed by atoms with Crippen molar-refractivity contribution >= 4 is 5.91 Å². The van der Waals surface area contributed by atoms with Gasteiger partial charge in [0.25, 0.3) is 0 Å². The Morgan fingerprint density at radius 1 is 1.44 bits per heavy atom. The standard InChI is InChI=1S/C12H17N3O/c1-10-2-3-11(9-14-10)8-12(16)15-6-4-13-5-7-15/h2-3,9,13H,4-8H2,1H3. The fraction of sp³-hybridized carbons (Fsp3) is 0.500. The number of nitrogens with one attached hydrogen (secondary N) is 1. The Labute approximate surface area is 95.7 Å². The highest BCUT2D eigenvalue weighted by Crippen LogP contribution is 2.04. The Morgan fingerprint density at radius 3 is 2.81 bits per heavy atom. The monoisotopic (exact) mass is 219 g/mol. The van der Waals surface area contributed by atoms with Crippen LogP contribution in [-0.4, -0.2) is 42.0 Å². The van der Waals surface area contributed by atoms with Crippen LogP contribution in [0.1, 0.15) is 11.3 Å². The van der Waals surface area contributed by atoms with Crippen molar-refractivity contribution in [1.29, 1.82) is 0 Å². The molecule has 1 aliphatic heterocycles. The lowest BCUT2D eigenvalue weighted by molar-refractivity contribution is -0.131. The molecule has 1 aromatic heterocycles. The summed E-state index contributed by atoms with van der Waals surface area (Å²) in [5.74, 6) is 0.201. The topological polar surface area (TPSA) is 45.2 Å². The van der Waals surface area contributed by atoms with Crippen molar-refractivity contribution in [3.8, 4) is 0 Å². The van der Waals surface area contributed by atoms with Crippen LogP contribution in [-0.2, 0) is 11.2 Å². The Kier molecular flexibility index (Phi) is 3.51. The molecule has 86 valence electrons. The van der Waals surface area contributed by atoms with Gasteiger partial charge in [0.1, 0.15) is 0 Å². The third-order valence-electron chi connectivity index (χ3n) is 2.80. The van der Waals surface area contributed by atoms with Crippen molar-refractivity contribution in [2.24, 2.45) is 0 Å². The van der Waals surface area contributed by atoms with E-state index in [1.165, 1.54) is 0 Å². The van der Waals surface area contributed by atoms with Crippen LogP contribution >= 0.6 is 0 Å². The van der Waals surface area contributed by atoms with Crippen LogP contribution in [0, 0.1) is 6.92 Å². The van der Waals surface area contributed by atoms with Crippen molar-refractivity contribution in [1.82, 2.24) is 15.2 Å². The van der Waals surface area contributed by atoms with Gasteiger partial charge in [-0.05, 0) is 18.6 Å². The second-order valence-corrected chi connectivity index (χ2v) is 4.12. The number of aryl methyl sites for hydroxylation is 1. The predicted molar refractivity (Wildman–Crippen MR) is 62.1 cm³/mol. The second-order valence-electron chi connectivity index (χ2n) is 4.12. The molecule has 0 unspecified atom stereocenters. The van der Waals surface area contributed by atoms with Crippen LogP contribution in [0.5, 0.6) is 0 Å². The zero-order valence-electron chi connectivity index (χ0n) is 9.57. The molecule has 0 bridgehead atoms. The van der Waals surface area contributed by atoms with E-state index in [1.807, 2.05) is 24.0 Å². The van der Waals surface area contributed by atoms with Gasteiger partial charge in [-0.25, -0.2) is 0 Å². The van der Waals surface area contributed by atoms with E-state index in [9.17, 15) is 4.79 Å². The molecule has 0 spiro atoms. The number of hydrogen-bond donors (Lipinski definition) is 1. The number of carbonyl (C=O) groups is 1. The molecule has 0 aromatic carbocycles. The number of pyridine rings is 1. The fourth-order valence-corrected chi connectivity index (χ4v) is 1.80. The summed E-state index contributed by atoms with van der Waals surface area (Å²) in [5.41, 5.74) is 1.98. The normalized spacial score (nSPS) is 16.2. The van der Waals surface area contributed by atoms with Gasteiger partial charge in [-0.1, -0.05) is 6.07 Å². The average Bonchev–Trinajstić information content (AvgIpc) is 2.33. The molecule has 1 fully saturated rings. The Bertz CT molecular complexity index is 355. The van der Waals surface area contributed by atoms with Gasteiger partial charge in [-0.15, -0.1) is 0 Å². The summed E-state index contributed by atoms with van der Waals surface area (Å²) in [7, 11) is 0. The molecule has 2 heterocycles. The van der Waals surface area contributed by atoms with E-state index < -0.39 is 0 Å². The summed E-state index contributed by atoms with van der Waals surface area (Å²) in [6, 6.07) is 3.92. The number of nitrogens with zero attached hydrogens (tertiary/aromatic N) is 2. The van der Waals surface area contributed by atoms with E-state index in [0.29, 0.717) is 6.42 Å². The molecule has 1 N–H and O–H groups in total. The van der Waals surface area contributed by atoms with E-state index >= 15 is 0 Å². The maximum atomic E-state index is 11.9. The zero-order chi connectivity index (χ0) is 11.4. The number of hydrogen-bond acceptors (Lipinski definition) is 3. The molecule has 4 nitrogen and oxygen atoms in total. The number of amides is 1. The lowest BCUT2D eigenvalue weighted by atomic mass is 10.1. The quantitative estimate of drug-likeness (QED) is 0.781. The maximum Gasteiger partial charge on any atom is 0.227 e. The largest absolute Gasteiger partial charge is 0.340 e. The Balaban J connectivity index is 1.93. The lowest BCUT2D eigenvalue weighted by Gasteiger charge is -2.27. The smallest absolute Gasteiger partial charge is 0.227 e. The van der Waals surface area contributed by atoms with Crippen molar-refractivity contribution in [3.05, 3.63) is 29.6 Å². The van der Waals surface area contributed by atoms with Gasteiger partial charge in [0, 0.05) is 38.1 Å². The van der Waals surface area contributed by atoms with Crippen molar-refractivity contribution in [3.63, 3.8) is 0 Å². The van der Waals surface area contributed by atoms with Crippen LogP contribution in [0.3, 0.4) is 0 Å². The molecule has 1 aromatic rings. The van der Waals surface area contributed by atoms with Crippen LogP contribution in [0.15, 0.2) is 18.3 Å². The Hall–Kier alpha value is -1.42. The number of aromatic nitrogens is 1. The van der Waals surface area contributed by atoms with Crippen molar-refractivity contribution < 1.29 is 4.79 Å². The molecule has 1 aliphatic rings. The van der Waals surface area contributed by atoms with Crippen LogP contribution in [0.4, 0.5) is 0 Å². The molecular formula is C12H17N3O. The summed E-state index contributed by atoms with van der Waals surface area (Å²) in [6.45, 7) is 5.38. The van der Waals surface area contributed by atoms with Gasteiger partial charge in [0.2, 0.25) is 5.91 Å². The highest BCUT2D eigenvalue weighted by atomic mass is 16.2. The Morgan fingerprint density at radius 2 is 2.19 bits per heavy atom. The molecule has 0 aliphatic carbocycles. The maximum absolute atomic E-state index is 11.9. The minimum atomic E-state index is 0.201. The molecule has 4 heteroatoms. The van der Waals surface area contributed by atoms with Crippen molar-refractivity contribution in [2.45, 2.75) is 13.3 Å². The van der Waals surface area contributed by atoms with E-state index in [1.54, 1.807) is 6.20 Å². The SMILES string of the molecule is Cc1ccc(CC(=O)N2CCNCC2)cn1. The van der Waals surface area contributed by atoms with Gasteiger partial charge in [-0.2, -0.15) is 0 Å². The van der Waals surface area contributed by atoms with Crippen molar-refractivity contribution in [2.75, 3.05) is 26.2 Å². The molecule has 0 radical (unpaired) electrons. The summed E-state index contributed by atoms with van der Waals surface area (Å²) < 4.78 is 0. The second kappa shape index (κ2) is 5.07. The average molecular weight is 219 g/mol. The van der Waals surface area contributed by atoms with E-state index in [-0.39, 0.29) is 5.91 Å². The molecule has 1 saturated heterocycles. The third kappa shape index (κ3) is 2.79. The molecule has 0 saturated carbocycles. The first-order chi connectivity index (χ1) is 7.75. The predicted octanol–water partition coefficient (Wildman–Crippen LogP) is 0.364. The zero-order valence-corrected chi connectivity index (χ0v) is 9.57. The first-order valence-electron chi connectivity index (χ1n) is 5.66. The summed E-state index contributed by atoms with van der Waals surface area (Å²) >= 11 is 0. The van der Waals surface area contributed by atoms with Gasteiger partial charge in [-0.3, -0.25) is 9.78 Å². The lowest BCUT2D eigenvalue weighted by Crippen LogP contribution is -2.46. The van der Waals surface area contributed by atoms with Crippen LogP contribution in [0.2, 0.25) is 0 Å². The molecule has 0 atom stereocenters. The van der Waals surface area contributed by atoms with Gasteiger partial charge in [0.15, 0.2) is 0 Å². The minimum Gasteiger partial charge on any atom is -0.340 e. The van der Waals surface area contributed by atoms with Gasteiger partial charge < -0.3 is 10.2 Å². The molecular weight excluding hydrogens is 202 g/mol. The fourth-order valence-electron chi connectivity index (χ4n) is 1.80. The number of piperazine rings is 1. The molecule has 2 rings (SSSR count). The van der Waals surface area contributed by atoms with Gasteiger partial charge in [0.05, 0.1) is 6.42 Å². The first kappa shape index (κ1) is 11.1. The highest BCUT2D eigenvalue weighted by molar-refractivity contribution is 5.78. The minimum absolute atomic E-state index is 0.201. The summed E-state index contributed by atoms with van der Waals surface area (Å²) in [4.78, 5) is 18.0. The first-order valence-corrected chi connectivity index (χ1v) is 5.66. The summed E-state index contributed by atoms with van der Waals surface area (Å²) in [5, 5.41) is 3.23. The van der Waals surface area contributed by atoms with E-state index in [2.05, 4.69) is 10.3 Å². The molecule has 16 heavy (non-hydrogen) atoms. The van der Waals surface area contributed by atoms with Crippen LogP contribution < -0.4 is 5.32 Å². The number of carbonyl (C=O) groups excluding carboxylic acids is 1. The highest BCUT2D eigenvalue weighted by Gasteiger charge is 2.16. The van der Waals surface area contributed by atoms with Gasteiger partial charge >= 0.3 is 0 Å². The molecule has 1 amide bonds.